The van der Waals surface area contributed by atoms with Crippen LogP contribution in [0.2, 0.25) is 0 Å². The van der Waals surface area contributed by atoms with Crippen molar-refractivity contribution in [3.63, 3.8) is 0 Å². The fourth-order valence-electron chi connectivity index (χ4n) is 8.80. The minimum absolute atomic E-state index is 0.00668. The Hall–Kier alpha value is -4.86. The van der Waals surface area contributed by atoms with Crippen LogP contribution in [0.25, 0.3) is 0 Å². The molecule has 3 N–H and O–H groups in total. The Morgan fingerprint density at radius 3 is 2.06 bits per heavy atom. The molecule has 8 rings (SSSR count). The summed E-state index contributed by atoms with van der Waals surface area (Å²) in [5, 5.41) is 14.3. The number of nitrogens with zero attached hydrogens (tertiary/aromatic N) is 2. The minimum Gasteiger partial charge on any atom is -0.494 e. The molecule has 3 aromatic rings. The van der Waals surface area contributed by atoms with Crippen LogP contribution >= 0.6 is 0 Å². The lowest BCUT2D eigenvalue weighted by Crippen LogP contribution is -2.58. The van der Waals surface area contributed by atoms with Crippen molar-refractivity contribution >= 4 is 46.6 Å². The van der Waals surface area contributed by atoms with E-state index in [4.69, 9.17) is 9.84 Å². The van der Waals surface area contributed by atoms with Gasteiger partial charge in [0.05, 0.1) is 18.0 Å². The van der Waals surface area contributed by atoms with Gasteiger partial charge in [-0.3, -0.25) is 19.3 Å². The Morgan fingerprint density at radius 1 is 0.809 bits per heavy atom. The molecule has 4 saturated carbocycles. The molecule has 4 fully saturated rings. The van der Waals surface area contributed by atoms with Crippen molar-refractivity contribution < 1.29 is 29.0 Å². The number of aliphatic carboxylic acids is 1. The number of fused-ring (bicyclic) bond motifs is 1. The summed E-state index contributed by atoms with van der Waals surface area (Å²) >= 11 is 0. The number of rotatable bonds is 10. The number of benzene rings is 3. The van der Waals surface area contributed by atoms with Gasteiger partial charge in [0.1, 0.15) is 5.75 Å². The van der Waals surface area contributed by atoms with Crippen molar-refractivity contribution in [1.29, 1.82) is 0 Å². The van der Waals surface area contributed by atoms with Crippen LogP contribution < -0.4 is 25.2 Å². The molecule has 10 heteroatoms. The highest BCUT2D eigenvalue weighted by atomic mass is 16.5. The molecule has 244 valence electrons. The van der Waals surface area contributed by atoms with Gasteiger partial charge in [0.2, 0.25) is 0 Å². The number of carboxylic acid groups (broad SMARTS) is 1. The molecule has 1 heterocycles. The van der Waals surface area contributed by atoms with E-state index in [1.54, 1.807) is 34.1 Å². The van der Waals surface area contributed by atoms with Crippen LogP contribution in [-0.2, 0) is 14.4 Å². The number of ether oxygens (including phenoxy) is 1. The fraction of sp³-hybridized carbons (Fsp3) is 0.405. The van der Waals surface area contributed by atoms with Crippen LogP contribution in [0.15, 0.2) is 78.9 Å². The molecule has 0 radical (unpaired) electrons. The molecule has 4 aliphatic carbocycles. The summed E-state index contributed by atoms with van der Waals surface area (Å²) in [6.07, 6.45) is 7.54. The van der Waals surface area contributed by atoms with E-state index >= 15 is 0 Å². The standard InChI is InChI=1S/C37H40N4O6/c42-32(43)11-6-16-47-29-14-12-27(13-15-29)38-36(46)39-33-34(44)40(23-37-20-24-17-25(21-37)19-26(18-24)22-37)30-9-4-5-10-31(30)41(35(33)45)28-7-2-1-3-8-28/h1-5,7-10,12-15,24-26,33H,6,11,16-23H2,(H,42,43)(H2,38,39,46). The molecule has 0 saturated heterocycles. The second kappa shape index (κ2) is 12.7. The zero-order valence-electron chi connectivity index (χ0n) is 26.3. The molecule has 4 amide bonds. The molecule has 1 atom stereocenters. The second-order valence-electron chi connectivity index (χ2n) is 13.7. The quantitative estimate of drug-likeness (QED) is 0.176. The number of para-hydroxylation sites is 3. The van der Waals surface area contributed by atoms with E-state index < -0.39 is 29.9 Å². The topological polar surface area (TPSA) is 128 Å². The molecule has 4 bridgehead atoms. The predicted molar refractivity (Wildman–Crippen MR) is 178 cm³/mol. The number of carbonyl (C=O) groups excluding carboxylic acids is 3. The summed E-state index contributed by atoms with van der Waals surface area (Å²) in [5.74, 6) is 0.786. The summed E-state index contributed by atoms with van der Waals surface area (Å²) in [6, 6.07) is 21.3. The fourth-order valence-corrected chi connectivity index (χ4v) is 8.80. The van der Waals surface area contributed by atoms with Gasteiger partial charge in [0, 0.05) is 24.3 Å². The highest BCUT2D eigenvalue weighted by molar-refractivity contribution is 6.24. The van der Waals surface area contributed by atoms with E-state index in [0.29, 0.717) is 59.2 Å². The van der Waals surface area contributed by atoms with Gasteiger partial charge in [-0.05, 0) is 117 Å². The van der Waals surface area contributed by atoms with Gasteiger partial charge in [0.15, 0.2) is 6.04 Å². The summed E-state index contributed by atoms with van der Waals surface area (Å²) in [4.78, 5) is 56.5. The number of hydrogen-bond donors (Lipinski definition) is 3. The first-order valence-corrected chi connectivity index (χ1v) is 16.6. The number of amides is 4. The van der Waals surface area contributed by atoms with Gasteiger partial charge in [-0.25, -0.2) is 4.79 Å². The summed E-state index contributed by atoms with van der Waals surface area (Å²) in [7, 11) is 0. The highest BCUT2D eigenvalue weighted by Crippen LogP contribution is 2.60. The van der Waals surface area contributed by atoms with Crippen molar-refractivity contribution in [2.75, 3.05) is 28.3 Å². The number of urea groups is 1. The third kappa shape index (κ3) is 6.41. The Kier molecular flexibility index (Phi) is 8.34. The third-order valence-electron chi connectivity index (χ3n) is 10.3. The first kappa shape index (κ1) is 30.8. The number of carboxylic acids is 1. The van der Waals surface area contributed by atoms with Crippen molar-refractivity contribution in [2.45, 2.75) is 57.4 Å². The van der Waals surface area contributed by atoms with Gasteiger partial charge < -0.3 is 25.4 Å². The molecule has 5 aliphatic rings. The molecule has 0 aromatic heterocycles. The van der Waals surface area contributed by atoms with E-state index in [1.165, 1.54) is 19.3 Å². The normalized spacial score (nSPS) is 26.0. The van der Waals surface area contributed by atoms with Crippen molar-refractivity contribution in [1.82, 2.24) is 5.32 Å². The Labute approximate surface area is 274 Å². The van der Waals surface area contributed by atoms with Crippen LogP contribution in [0, 0.1) is 23.2 Å². The number of carbonyl (C=O) groups is 4. The van der Waals surface area contributed by atoms with E-state index in [0.717, 1.165) is 19.3 Å². The largest absolute Gasteiger partial charge is 0.494 e. The maximum absolute atomic E-state index is 14.6. The average Bonchev–Trinajstić information content (AvgIpc) is 3.12. The minimum atomic E-state index is -1.45. The van der Waals surface area contributed by atoms with Crippen molar-refractivity contribution in [3.8, 4) is 5.75 Å². The Balaban J connectivity index is 1.15. The summed E-state index contributed by atoms with van der Waals surface area (Å²) in [5.41, 5.74) is 2.36. The molecule has 1 aliphatic heterocycles. The molecule has 3 aromatic carbocycles. The van der Waals surface area contributed by atoms with Gasteiger partial charge in [0.25, 0.3) is 11.8 Å². The molecule has 0 spiro atoms. The van der Waals surface area contributed by atoms with Gasteiger partial charge >= 0.3 is 12.0 Å². The molecular weight excluding hydrogens is 596 g/mol. The van der Waals surface area contributed by atoms with Crippen molar-refractivity contribution in [3.05, 3.63) is 78.9 Å². The third-order valence-corrected chi connectivity index (χ3v) is 10.3. The lowest BCUT2D eigenvalue weighted by atomic mass is 9.49. The Bertz CT molecular complexity index is 1620. The second-order valence-corrected chi connectivity index (χ2v) is 13.7. The highest BCUT2D eigenvalue weighted by Gasteiger charge is 2.53. The van der Waals surface area contributed by atoms with E-state index in [1.807, 2.05) is 54.6 Å². The predicted octanol–water partition coefficient (Wildman–Crippen LogP) is 6.35. The SMILES string of the molecule is O=C(O)CCCOc1ccc(NC(=O)NC2C(=O)N(CC34CC5CC(CC(C5)C3)C4)c3ccccc3N(c3ccccc3)C2=O)cc1. The number of anilines is 4. The summed E-state index contributed by atoms with van der Waals surface area (Å²) < 4.78 is 5.58. The van der Waals surface area contributed by atoms with Gasteiger partial charge in [-0.1, -0.05) is 30.3 Å². The maximum Gasteiger partial charge on any atom is 0.320 e. The van der Waals surface area contributed by atoms with Gasteiger partial charge in [-0.2, -0.15) is 0 Å². The number of hydrogen-bond acceptors (Lipinski definition) is 5. The van der Waals surface area contributed by atoms with Crippen molar-refractivity contribution in [2.24, 2.45) is 23.2 Å². The Morgan fingerprint density at radius 2 is 1.43 bits per heavy atom. The van der Waals surface area contributed by atoms with Crippen LogP contribution in [0.5, 0.6) is 5.75 Å². The lowest BCUT2D eigenvalue weighted by molar-refractivity contribution is -0.137. The smallest absolute Gasteiger partial charge is 0.320 e. The molecule has 10 nitrogen and oxygen atoms in total. The van der Waals surface area contributed by atoms with Crippen LogP contribution in [0.3, 0.4) is 0 Å². The first-order valence-electron chi connectivity index (χ1n) is 16.6. The molecule has 1 unspecified atom stereocenters. The van der Waals surface area contributed by atoms with Crippen LogP contribution in [-0.4, -0.2) is 48.1 Å². The first-order chi connectivity index (χ1) is 22.8. The summed E-state index contributed by atoms with van der Waals surface area (Å²) in [6.45, 7) is 0.779. The zero-order chi connectivity index (χ0) is 32.5. The van der Waals surface area contributed by atoms with E-state index in [9.17, 15) is 19.2 Å². The van der Waals surface area contributed by atoms with Crippen LogP contribution in [0.4, 0.5) is 27.5 Å². The van der Waals surface area contributed by atoms with E-state index in [-0.39, 0.29) is 18.4 Å². The zero-order valence-corrected chi connectivity index (χ0v) is 26.3. The molecule has 47 heavy (non-hydrogen) atoms. The van der Waals surface area contributed by atoms with E-state index in [2.05, 4.69) is 10.6 Å². The average molecular weight is 637 g/mol. The van der Waals surface area contributed by atoms with Gasteiger partial charge in [-0.15, -0.1) is 0 Å². The lowest BCUT2D eigenvalue weighted by Gasteiger charge is -2.57. The maximum atomic E-state index is 14.6. The van der Waals surface area contributed by atoms with Crippen LogP contribution in [0.1, 0.15) is 51.4 Å². The molecular formula is C37H40N4O6. The number of nitrogens with one attached hydrogen (secondary N) is 2. The monoisotopic (exact) mass is 636 g/mol.